The Morgan fingerprint density at radius 2 is 1.65 bits per heavy atom. The van der Waals surface area contributed by atoms with Crippen molar-refractivity contribution in [2.75, 3.05) is 5.75 Å². The number of rotatable bonds is 6. The van der Waals surface area contributed by atoms with E-state index in [0.29, 0.717) is 11.3 Å². The Balaban J connectivity index is 1.72. The highest BCUT2D eigenvalue weighted by Gasteiger charge is 2.52. The van der Waals surface area contributed by atoms with E-state index in [1.54, 1.807) is 0 Å². The maximum absolute atomic E-state index is 13.4. The molecular weight excluding hydrogens is 414 g/mol. The Labute approximate surface area is 183 Å². The van der Waals surface area contributed by atoms with Gasteiger partial charge in [0.1, 0.15) is 17.1 Å². The van der Waals surface area contributed by atoms with Gasteiger partial charge in [0.05, 0.1) is 0 Å². The topological polar surface area (TPSA) is 116 Å². The third-order valence-electron chi connectivity index (χ3n) is 5.11. The number of hydrogen-bond acceptors (Lipinski definition) is 6. The lowest BCUT2D eigenvalue weighted by atomic mass is 10.0. The summed E-state index contributed by atoms with van der Waals surface area (Å²) in [7, 11) is 0. The van der Waals surface area contributed by atoms with Crippen molar-refractivity contribution >= 4 is 29.5 Å². The molecule has 2 heterocycles. The lowest BCUT2D eigenvalue weighted by Crippen LogP contribution is -2.68. The fourth-order valence-electron chi connectivity index (χ4n) is 3.59. The summed E-state index contributed by atoms with van der Waals surface area (Å²) in [6.45, 7) is 0. The highest BCUT2D eigenvalue weighted by atomic mass is 32.2. The van der Waals surface area contributed by atoms with Crippen molar-refractivity contribution in [3.05, 3.63) is 95.2 Å². The molecule has 1 fully saturated rings. The summed E-state index contributed by atoms with van der Waals surface area (Å²) in [5.41, 5.74) is 13.3. The van der Waals surface area contributed by atoms with Gasteiger partial charge in [0.25, 0.3) is 0 Å². The summed E-state index contributed by atoms with van der Waals surface area (Å²) in [6.07, 6.45) is 1.96. The van der Waals surface area contributed by atoms with Gasteiger partial charge in [0.15, 0.2) is 6.10 Å². The van der Waals surface area contributed by atoms with Crippen molar-refractivity contribution in [3.8, 4) is 0 Å². The van der Waals surface area contributed by atoms with Gasteiger partial charge in [-0.1, -0.05) is 66.7 Å². The molecule has 0 bridgehead atoms. The van der Waals surface area contributed by atoms with Crippen molar-refractivity contribution in [2.45, 2.75) is 17.5 Å². The van der Waals surface area contributed by atoms with Crippen molar-refractivity contribution < 1.29 is 19.1 Å². The van der Waals surface area contributed by atoms with Gasteiger partial charge in [-0.05, 0) is 16.7 Å². The molecule has 7 nitrogen and oxygen atoms in total. The molecule has 0 aliphatic carbocycles. The molecule has 2 aromatic carbocycles. The second kappa shape index (κ2) is 8.79. The van der Waals surface area contributed by atoms with Gasteiger partial charge in [-0.25, -0.2) is 4.79 Å². The molecular formula is C23H21N3O4S. The minimum Gasteiger partial charge on any atom is -0.448 e. The zero-order chi connectivity index (χ0) is 22.0. The summed E-state index contributed by atoms with van der Waals surface area (Å²) in [5.74, 6) is -1.26. The number of carbonyl (C=O) groups is 3. The number of carbonyl (C=O) groups excluding carboxylic acids is 3. The van der Waals surface area contributed by atoms with Crippen molar-refractivity contribution in [1.29, 1.82) is 0 Å². The first kappa shape index (κ1) is 20.9. The zero-order valence-electron chi connectivity index (χ0n) is 16.5. The van der Waals surface area contributed by atoms with Crippen LogP contribution in [0.4, 0.5) is 0 Å². The van der Waals surface area contributed by atoms with E-state index in [4.69, 9.17) is 16.2 Å². The largest absolute Gasteiger partial charge is 0.448 e. The molecule has 158 valence electrons. The van der Waals surface area contributed by atoms with Gasteiger partial charge in [-0.15, -0.1) is 11.8 Å². The average molecular weight is 436 g/mol. The summed E-state index contributed by atoms with van der Waals surface area (Å²) < 4.78 is 5.94. The summed E-state index contributed by atoms with van der Waals surface area (Å²) in [5, 5.41) is -0.340. The number of fused-ring (bicyclic) bond motifs is 1. The number of thioether (sulfide) groups is 1. The second-order valence-corrected chi connectivity index (χ2v) is 8.26. The zero-order valence-corrected chi connectivity index (χ0v) is 17.3. The van der Waals surface area contributed by atoms with E-state index in [1.807, 2.05) is 60.7 Å². The molecule has 0 aromatic heterocycles. The molecule has 2 aromatic rings. The van der Waals surface area contributed by atoms with Gasteiger partial charge in [-0.2, -0.15) is 0 Å². The van der Waals surface area contributed by atoms with Crippen LogP contribution in [0.5, 0.6) is 0 Å². The van der Waals surface area contributed by atoms with E-state index < -0.39 is 24.0 Å². The normalized spacial score (nSPS) is 20.6. The fourth-order valence-corrected chi connectivity index (χ4v) is 4.85. The summed E-state index contributed by atoms with van der Waals surface area (Å²) >= 11 is 1.43. The SMILES string of the molecule is NC(=O)/C=C/C1=C(C(=O)OC(c2ccccc2)c2ccccc2)N2C(=O)[C@@H](N)[C@H]2SC1. The van der Waals surface area contributed by atoms with Crippen LogP contribution in [0.2, 0.25) is 0 Å². The monoisotopic (exact) mass is 435 g/mol. The van der Waals surface area contributed by atoms with E-state index in [9.17, 15) is 14.4 Å². The molecule has 0 radical (unpaired) electrons. The van der Waals surface area contributed by atoms with Crippen molar-refractivity contribution in [3.63, 3.8) is 0 Å². The molecule has 2 amide bonds. The first-order valence-corrected chi connectivity index (χ1v) is 10.7. The molecule has 1 saturated heterocycles. The number of nitrogens with two attached hydrogens (primary N) is 2. The maximum Gasteiger partial charge on any atom is 0.356 e. The second-order valence-electron chi connectivity index (χ2n) is 7.15. The van der Waals surface area contributed by atoms with Crippen LogP contribution in [0.3, 0.4) is 0 Å². The minimum absolute atomic E-state index is 0.102. The quantitative estimate of drug-likeness (QED) is 0.407. The Kier molecular flexibility index (Phi) is 5.92. The van der Waals surface area contributed by atoms with E-state index in [-0.39, 0.29) is 17.0 Å². The van der Waals surface area contributed by atoms with Crippen molar-refractivity contribution in [2.24, 2.45) is 11.5 Å². The molecule has 8 heteroatoms. The molecule has 2 aliphatic rings. The van der Waals surface area contributed by atoms with Gasteiger partial charge in [0.2, 0.25) is 11.8 Å². The lowest BCUT2D eigenvalue weighted by molar-refractivity contribution is -0.153. The first-order valence-electron chi connectivity index (χ1n) is 9.69. The highest BCUT2D eigenvalue weighted by Crippen LogP contribution is 2.41. The number of benzene rings is 2. The van der Waals surface area contributed by atoms with E-state index >= 15 is 0 Å². The van der Waals surface area contributed by atoms with Crippen LogP contribution in [0.15, 0.2) is 84.1 Å². The third-order valence-corrected chi connectivity index (χ3v) is 6.43. The van der Waals surface area contributed by atoms with Crippen LogP contribution >= 0.6 is 11.8 Å². The van der Waals surface area contributed by atoms with Gasteiger partial charge >= 0.3 is 5.97 Å². The number of hydrogen-bond donors (Lipinski definition) is 2. The highest BCUT2D eigenvalue weighted by molar-refractivity contribution is 8.00. The number of allylic oxidation sites excluding steroid dienone is 1. The number of β-lactam (4-membered cyclic amide) rings is 1. The van der Waals surface area contributed by atoms with Crippen LogP contribution in [-0.4, -0.2) is 39.9 Å². The van der Waals surface area contributed by atoms with Gasteiger partial charge < -0.3 is 16.2 Å². The maximum atomic E-state index is 13.4. The van der Waals surface area contributed by atoms with E-state index in [0.717, 1.165) is 11.1 Å². The van der Waals surface area contributed by atoms with E-state index in [1.165, 1.54) is 28.8 Å². The Morgan fingerprint density at radius 3 is 2.19 bits per heavy atom. The predicted octanol–water partition coefficient (Wildman–Crippen LogP) is 1.86. The molecule has 4 rings (SSSR count). The van der Waals surface area contributed by atoms with Crippen LogP contribution in [0.1, 0.15) is 17.2 Å². The molecule has 2 atom stereocenters. The van der Waals surface area contributed by atoms with Crippen LogP contribution in [0, 0.1) is 0 Å². The van der Waals surface area contributed by atoms with Crippen LogP contribution in [0.25, 0.3) is 0 Å². The summed E-state index contributed by atoms with van der Waals surface area (Å²) in [6, 6.07) is 18.0. The molecule has 0 spiro atoms. The minimum atomic E-state index is -0.673. The van der Waals surface area contributed by atoms with Crippen molar-refractivity contribution in [1.82, 2.24) is 4.90 Å². The van der Waals surface area contributed by atoms with Crippen LogP contribution in [-0.2, 0) is 19.1 Å². The Bertz CT molecular complexity index is 1030. The fraction of sp³-hybridized carbons (Fsp3) is 0.174. The Morgan fingerprint density at radius 1 is 1.06 bits per heavy atom. The standard InChI is InChI=1S/C23H21N3O4S/c24-17(27)12-11-16-13-31-22-18(25)21(28)26(22)19(16)23(29)30-20(14-7-3-1-4-8-14)15-9-5-2-6-10-15/h1-12,18,20,22H,13,25H2,(H2,24,27)/b12-11+/t18-,22-/m1/s1. The third kappa shape index (κ3) is 4.12. The smallest absolute Gasteiger partial charge is 0.356 e. The molecule has 31 heavy (non-hydrogen) atoms. The summed E-state index contributed by atoms with van der Waals surface area (Å²) in [4.78, 5) is 38.4. The lowest BCUT2D eigenvalue weighted by Gasteiger charge is -2.48. The number of nitrogens with zero attached hydrogens (tertiary/aromatic N) is 1. The Hall–Kier alpha value is -3.36. The molecule has 0 unspecified atom stereocenters. The number of ether oxygens (including phenoxy) is 1. The van der Waals surface area contributed by atoms with Crippen LogP contribution < -0.4 is 11.5 Å². The predicted molar refractivity (Wildman–Crippen MR) is 117 cm³/mol. The molecule has 2 aliphatic heterocycles. The number of primary amides is 1. The molecule has 4 N–H and O–H groups in total. The van der Waals surface area contributed by atoms with E-state index in [2.05, 4.69) is 0 Å². The first-order chi connectivity index (χ1) is 15.0. The number of esters is 1. The number of amides is 2. The van der Waals surface area contributed by atoms with Gasteiger partial charge in [-0.3, -0.25) is 14.5 Å². The molecule has 0 saturated carbocycles. The average Bonchev–Trinajstić information content (AvgIpc) is 2.80. The van der Waals surface area contributed by atoms with Gasteiger partial charge in [0, 0.05) is 11.8 Å².